The number of nitrogens with one attached hydrogen (secondary N) is 1. The maximum Gasteiger partial charge on any atom is 0.260 e. The van der Waals surface area contributed by atoms with Crippen LogP contribution in [0.1, 0.15) is 16.8 Å². The molecule has 1 heterocycles. The molecule has 116 valence electrons. The van der Waals surface area contributed by atoms with Crippen molar-refractivity contribution in [2.45, 2.75) is 6.42 Å². The van der Waals surface area contributed by atoms with Crippen molar-refractivity contribution in [3.8, 4) is 6.07 Å². The Morgan fingerprint density at radius 2 is 2.00 bits per heavy atom. The zero-order valence-electron chi connectivity index (χ0n) is 12.1. The fourth-order valence-corrected chi connectivity index (χ4v) is 2.55. The number of piperazine rings is 1. The lowest BCUT2D eigenvalue weighted by atomic mass is 10.2. The van der Waals surface area contributed by atoms with E-state index in [-0.39, 0.29) is 5.56 Å². The first-order valence-electron chi connectivity index (χ1n) is 7.06. The molecule has 1 aromatic carbocycles. The van der Waals surface area contributed by atoms with Gasteiger partial charge in [0.05, 0.1) is 11.6 Å². The van der Waals surface area contributed by atoms with E-state index in [4.69, 9.17) is 17.5 Å². The highest BCUT2D eigenvalue weighted by molar-refractivity contribution is 7.80. The van der Waals surface area contributed by atoms with Crippen LogP contribution in [-0.4, -0.2) is 53.5 Å². The van der Waals surface area contributed by atoms with Gasteiger partial charge in [-0.3, -0.25) is 15.0 Å². The van der Waals surface area contributed by atoms with Gasteiger partial charge in [-0.25, -0.2) is 4.39 Å². The van der Waals surface area contributed by atoms with Gasteiger partial charge in [0.1, 0.15) is 5.82 Å². The molecule has 1 aliphatic rings. The standard InChI is InChI=1S/C15H17FN4OS/c16-13-5-2-1-4-12(13)14(21)18-15(22)20-10-8-19(9-11-20)7-3-6-17/h1-2,4-5H,3,7-11H2,(H,18,21,22). The SMILES string of the molecule is N#CCCN1CCN(C(=S)NC(=O)c2ccccc2F)CC1. The summed E-state index contributed by atoms with van der Waals surface area (Å²) in [5, 5.41) is 11.5. The van der Waals surface area contributed by atoms with E-state index in [1.54, 1.807) is 6.07 Å². The van der Waals surface area contributed by atoms with Gasteiger partial charge >= 0.3 is 0 Å². The Morgan fingerprint density at radius 1 is 1.32 bits per heavy atom. The van der Waals surface area contributed by atoms with Crippen LogP contribution in [0.3, 0.4) is 0 Å². The van der Waals surface area contributed by atoms with Gasteiger partial charge in [-0.1, -0.05) is 12.1 Å². The first-order chi connectivity index (χ1) is 10.6. The topological polar surface area (TPSA) is 59.4 Å². The molecular weight excluding hydrogens is 303 g/mol. The Morgan fingerprint density at radius 3 is 2.64 bits per heavy atom. The normalized spacial score (nSPS) is 15.2. The zero-order valence-corrected chi connectivity index (χ0v) is 12.9. The molecule has 0 saturated carbocycles. The van der Waals surface area contributed by atoms with Crippen molar-refractivity contribution in [2.24, 2.45) is 0 Å². The first-order valence-corrected chi connectivity index (χ1v) is 7.46. The Bertz CT molecular complexity index is 593. The zero-order chi connectivity index (χ0) is 15.9. The molecule has 1 aromatic rings. The number of hydrogen-bond acceptors (Lipinski definition) is 4. The predicted molar refractivity (Wildman–Crippen MR) is 84.7 cm³/mol. The third kappa shape index (κ3) is 4.23. The molecule has 0 aliphatic carbocycles. The lowest BCUT2D eigenvalue weighted by Crippen LogP contribution is -2.52. The number of nitriles is 1. The average molecular weight is 320 g/mol. The lowest BCUT2D eigenvalue weighted by Gasteiger charge is -2.35. The molecule has 0 aromatic heterocycles. The number of amides is 1. The van der Waals surface area contributed by atoms with Crippen LogP contribution < -0.4 is 5.32 Å². The fourth-order valence-electron chi connectivity index (χ4n) is 2.27. The van der Waals surface area contributed by atoms with Gasteiger partial charge in [0.15, 0.2) is 5.11 Å². The maximum absolute atomic E-state index is 13.6. The van der Waals surface area contributed by atoms with Crippen molar-refractivity contribution in [2.75, 3.05) is 32.7 Å². The molecule has 0 spiro atoms. The number of rotatable bonds is 3. The van der Waals surface area contributed by atoms with Crippen LogP contribution in [-0.2, 0) is 0 Å². The quantitative estimate of drug-likeness (QED) is 0.853. The van der Waals surface area contributed by atoms with Crippen molar-refractivity contribution < 1.29 is 9.18 Å². The Hall–Kier alpha value is -2.04. The Labute approximate surface area is 134 Å². The van der Waals surface area contributed by atoms with Crippen LogP contribution in [0.25, 0.3) is 0 Å². The summed E-state index contributed by atoms with van der Waals surface area (Å²) in [5.41, 5.74) is -0.0162. The second-order valence-corrected chi connectivity index (χ2v) is 5.36. The van der Waals surface area contributed by atoms with Crippen LogP contribution in [0.2, 0.25) is 0 Å². The van der Waals surface area contributed by atoms with Gasteiger partial charge in [-0.05, 0) is 24.4 Å². The van der Waals surface area contributed by atoms with E-state index >= 15 is 0 Å². The first kappa shape index (κ1) is 16.3. The van der Waals surface area contributed by atoms with E-state index in [9.17, 15) is 9.18 Å². The van der Waals surface area contributed by atoms with E-state index in [2.05, 4.69) is 16.3 Å². The summed E-state index contributed by atoms with van der Waals surface area (Å²) >= 11 is 5.22. The minimum atomic E-state index is -0.566. The minimum Gasteiger partial charge on any atom is -0.346 e. The number of thiocarbonyl (C=S) groups is 1. The van der Waals surface area contributed by atoms with E-state index in [1.807, 2.05) is 4.90 Å². The van der Waals surface area contributed by atoms with Gasteiger partial charge in [-0.2, -0.15) is 5.26 Å². The van der Waals surface area contributed by atoms with Gasteiger partial charge in [0.2, 0.25) is 0 Å². The van der Waals surface area contributed by atoms with Gasteiger partial charge < -0.3 is 4.90 Å². The Kier molecular flexibility index (Phi) is 5.81. The van der Waals surface area contributed by atoms with Gasteiger partial charge in [-0.15, -0.1) is 0 Å². The predicted octanol–water partition coefficient (Wildman–Crippen LogP) is 1.37. The summed E-state index contributed by atoms with van der Waals surface area (Å²) in [6, 6.07) is 7.93. The summed E-state index contributed by atoms with van der Waals surface area (Å²) in [4.78, 5) is 16.1. The molecule has 0 bridgehead atoms. The summed E-state index contributed by atoms with van der Waals surface area (Å²) in [6.45, 7) is 3.69. The van der Waals surface area contributed by atoms with Crippen LogP contribution in [0.4, 0.5) is 4.39 Å². The van der Waals surface area contributed by atoms with Gasteiger partial charge in [0.25, 0.3) is 5.91 Å². The third-order valence-corrected chi connectivity index (χ3v) is 3.90. The molecule has 1 aliphatic heterocycles. The van der Waals surface area contributed by atoms with Gasteiger partial charge in [0, 0.05) is 39.1 Å². The van der Waals surface area contributed by atoms with Crippen molar-refractivity contribution in [3.63, 3.8) is 0 Å². The molecule has 22 heavy (non-hydrogen) atoms. The number of carbonyl (C=O) groups excluding carboxylic acids is 1. The monoisotopic (exact) mass is 320 g/mol. The van der Waals surface area contributed by atoms with E-state index in [0.717, 1.165) is 19.6 Å². The van der Waals surface area contributed by atoms with Crippen LogP contribution in [0.15, 0.2) is 24.3 Å². The number of halogens is 1. The largest absolute Gasteiger partial charge is 0.346 e. The van der Waals surface area contributed by atoms with Crippen molar-refractivity contribution in [3.05, 3.63) is 35.6 Å². The van der Waals surface area contributed by atoms with Crippen LogP contribution >= 0.6 is 12.2 Å². The van der Waals surface area contributed by atoms with Crippen molar-refractivity contribution in [1.82, 2.24) is 15.1 Å². The molecule has 0 atom stereocenters. The van der Waals surface area contributed by atoms with E-state index < -0.39 is 11.7 Å². The summed E-state index contributed by atoms with van der Waals surface area (Å²) < 4.78 is 13.6. The van der Waals surface area contributed by atoms with Crippen LogP contribution in [0.5, 0.6) is 0 Å². The average Bonchev–Trinajstić information content (AvgIpc) is 2.53. The number of benzene rings is 1. The highest BCUT2D eigenvalue weighted by atomic mass is 32.1. The molecule has 1 amide bonds. The van der Waals surface area contributed by atoms with Crippen LogP contribution in [0, 0.1) is 17.1 Å². The molecular formula is C15H17FN4OS. The molecule has 0 unspecified atom stereocenters. The van der Waals surface area contributed by atoms with Crippen molar-refractivity contribution >= 4 is 23.2 Å². The van der Waals surface area contributed by atoms with Crippen molar-refractivity contribution in [1.29, 1.82) is 5.26 Å². The lowest BCUT2D eigenvalue weighted by molar-refractivity contribution is 0.0965. The molecule has 1 fully saturated rings. The smallest absolute Gasteiger partial charge is 0.260 e. The second-order valence-electron chi connectivity index (χ2n) is 4.98. The number of carbonyl (C=O) groups is 1. The highest BCUT2D eigenvalue weighted by Gasteiger charge is 2.20. The molecule has 0 radical (unpaired) electrons. The summed E-state index contributed by atoms with van der Waals surface area (Å²) in [7, 11) is 0. The Balaban J connectivity index is 1.85. The second kappa shape index (κ2) is 7.82. The highest BCUT2D eigenvalue weighted by Crippen LogP contribution is 2.07. The molecule has 1 saturated heterocycles. The number of hydrogen-bond donors (Lipinski definition) is 1. The minimum absolute atomic E-state index is 0.0162. The fraction of sp³-hybridized carbons (Fsp3) is 0.400. The molecule has 2 rings (SSSR count). The maximum atomic E-state index is 13.6. The summed E-state index contributed by atoms with van der Waals surface area (Å²) in [6.07, 6.45) is 0.508. The number of nitrogens with zero attached hydrogens (tertiary/aromatic N) is 3. The molecule has 1 N–H and O–H groups in total. The third-order valence-electron chi connectivity index (χ3n) is 3.54. The summed E-state index contributed by atoms with van der Waals surface area (Å²) in [5.74, 6) is -1.10. The van der Waals surface area contributed by atoms with E-state index in [0.29, 0.717) is 24.6 Å². The molecule has 5 nitrogen and oxygen atoms in total. The van der Waals surface area contributed by atoms with E-state index in [1.165, 1.54) is 18.2 Å². The molecule has 7 heteroatoms.